The zero-order valence-electron chi connectivity index (χ0n) is 18.2. The summed E-state index contributed by atoms with van der Waals surface area (Å²) in [5, 5.41) is 11.6. The molecule has 0 spiro atoms. The van der Waals surface area contributed by atoms with E-state index in [0.717, 1.165) is 39.2 Å². The van der Waals surface area contributed by atoms with Gasteiger partial charge in [0.25, 0.3) is 5.91 Å². The Hall–Kier alpha value is -4.46. The molecule has 2 aromatic carbocycles. The van der Waals surface area contributed by atoms with Crippen molar-refractivity contribution in [3.05, 3.63) is 96.2 Å². The largest absolute Gasteiger partial charge is 0.497 e. The number of benzene rings is 2. The number of aromatic nitrogens is 5. The molecule has 0 aliphatic heterocycles. The van der Waals surface area contributed by atoms with Gasteiger partial charge in [-0.05, 0) is 53.6 Å². The van der Waals surface area contributed by atoms with E-state index in [9.17, 15) is 4.79 Å². The smallest absolute Gasteiger partial charge is 0.252 e. The van der Waals surface area contributed by atoms with Crippen LogP contribution >= 0.6 is 0 Å². The first-order valence-corrected chi connectivity index (χ1v) is 10.4. The molecule has 33 heavy (non-hydrogen) atoms. The molecule has 0 saturated heterocycles. The standard InChI is InChI=1S/C25H22N6O2/c1-31-15-27-14-22(31)24-20-8-5-18(13-21(20)29-30-24)25(32)28-23(17-9-11-26-12-10-17)16-3-6-19(33-2)7-4-16/h3-15,23H,1-2H3,(H,28,32)(H,29,30). The second kappa shape index (κ2) is 8.58. The summed E-state index contributed by atoms with van der Waals surface area (Å²) in [7, 11) is 3.55. The number of fused-ring (bicyclic) bond motifs is 1. The van der Waals surface area contributed by atoms with Crippen LogP contribution in [0.1, 0.15) is 27.5 Å². The van der Waals surface area contributed by atoms with Crippen molar-refractivity contribution >= 4 is 16.8 Å². The van der Waals surface area contributed by atoms with Gasteiger partial charge in [0.15, 0.2) is 0 Å². The van der Waals surface area contributed by atoms with Gasteiger partial charge in [-0.2, -0.15) is 5.10 Å². The highest BCUT2D eigenvalue weighted by atomic mass is 16.5. The molecule has 1 atom stereocenters. The number of aromatic amines is 1. The van der Waals surface area contributed by atoms with Gasteiger partial charge in [-0.15, -0.1) is 0 Å². The minimum Gasteiger partial charge on any atom is -0.497 e. The molecule has 5 aromatic rings. The van der Waals surface area contributed by atoms with E-state index in [1.54, 1.807) is 32.0 Å². The fourth-order valence-electron chi connectivity index (χ4n) is 3.87. The van der Waals surface area contributed by atoms with Crippen LogP contribution in [0, 0.1) is 0 Å². The summed E-state index contributed by atoms with van der Waals surface area (Å²) in [5.74, 6) is 0.568. The van der Waals surface area contributed by atoms with Crippen molar-refractivity contribution in [3.8, 4) is 17.1 Å². The van der Waals surface area contributed by atoms with Gasteiger partial charge in [-0.25, -0.2) is 4.98 Å². The van der Waals surface area contributed by atoms with Crippen molar-refractivity contribution in [2.45, 2.75) is 6.04 Å². The minimum atomic E-state index is -0.339. The molecule has 3 heterocycles. The lowest BCUT2D eigenvalue weighted by atomic mass is 9.99. The summed E-state index contributed by atoms with van der Waals surface area (Å²) in [6.07, 6.45) is 6.93. The molecule has 8 nitrogen and oxygen atoms in total. The Bertz CT molecular complexity index is 1410. The maximum Gasteiger partial charge on any atom is 0.252 e. The van der Waals surface area contributed by atoms with Gasteiger partial charge in [0.05, 0.1) is 36.9 Å². The Balaban J connectivity index is 1.46. The first kappa shape index (κ1) is 20.4. The normalized spacial score (nSPS) is 11.9. The number of hydrogen-bond donors (Lipinski definition) is 2. The molecule has 5 rings (SSSR count). The van der Waals surface area contributed by atoms with Gasteiger partial charge in [-0.1, -0.05) is 12.1 Å². The van der Waals surface area contributed by atoms with Crippen LogP contribution in [0.5, 0.6) is 5.75 Å². The van der Waals surface area contributed by atoms with Crippen LogP contribution in [0.4, 0.5) is 0 Å². The van der Waals surface area contributed by atoms with E-state index in [2.05, 4.69) is 25.5 Å². The number of hydrogen-bond acceptors (Lipinski definition) is 5. The number of carbonyl (C=O) groups excluding carboxylic acids is 1. The molecule has 1 amide bonds. The quantitative estimate of drug-likeness (QED) is 0.419. The Kier molecular flexibility index (Phi) is 5.32. The summed E-state index contributed by atoms with van der Waals surface area (Å²) in [6.45, 7) is 0. The van der Waals surface area contributed by atoms with Crippen molar-refractivity contribution in [3.63, 3.8) is 0 Å². The van der Waals surface area contributed by atoms with Crippen LogP contribution in [0.15, 0.2) is 79.5 Å². The lowest BCUT2D eigenvalue weighted by Gasteiger charge is -2.20. The highest BCUT2D eigenvalue weighted by Crippen LogP contribution is 2.28. The minimum absolute atomic E-state index is 0.189. The Morgan fingerprint density at radius 3 is 2.48 bits per heavy atom. The zero-order chi connectivity index (χ0) is 22.8. The maximum atomic E-state index is 13.3. The van der Waals surface area contributed by atoms with Crippen LogP contribution in [0.3, 0.4) is 0 Å². The van der Waals surface area contributed by atoms with E-state index < -0.39 is 0 Å². The van der Waals surface area contributed by atoms with E-state index >= 15 is 0 Å². The third kappa shape index (κ3) is 3.94. The SMILES string of the molecule is COc1ccc(C(NC(=O)c2ccc3c(-c4cncn4C)n[nH]c3c2)c2ccncc2)cc1. The average Bonchev–Trinajstić information content (AvgIpc) is 3.48. The number of ether oxygens (including phenoxy) is 1. The molecule has 0 fully saturated rings. The molecule has 164 valence electrons. The van der Waals surface area contributed by atoms with Crippen LogP contribution in [0.2, 0.25) is 0 Å². The van der Waals surface area contributed by atoms with E-state index in [0.29, 0.717) is 5.56 Å². The number of nitrogens with one attached hydrogen (secondary N) is 2. The Morgan fingerprint density at radius 1 is 1.03 bits per heavy atom. The predicted molar refractivity (Wildman–Crippen MR) is 125 cm³/mol. The topological polar surface area (TPSA) is 97.7 Å². The molecule has 1 unspecified atom stereocenters. The summed E-state index contributed by atoms with van der Waals surface area (Å²) in [6, 6.07) is 16.6. The van der Waals surface area contributed by atoms with E-state index in [-0.39, 0.29) is 11.9 Å². The van der Waals surface area contributed by atoms with Gasteiger partial charge in [0.2, 0.25) is 0 Å². The number of imidazole rings is 1. The second-order valence-electron chi connectivity index (χ2n) is 7.68. The van der Waals surface area contributed by atoms with E-state index in [4.69, 9.17) is 4.74 Å². The molecular weight excluding hydrogens is 416 g/mol. The summed E-state index contributed by atoms with van der Waals surface area (Å²) >= 11 is 0. The van der Waals surface area contributed by atoms with Gasteiger partial charge in [0.1, 0.15) is 11.4 Å². The van der Waals surface area contributed by atoms with Crippen molar-refractivity contribution in [1.29, 1.82) is 0 Å². The van der Waals surface area contributed by atoms with Crippen molar-refractivity contribution in [2.75, 3.05) is 7.11 Å². The fraction of sp³-hybridized carbons (Fsp3) is 0.120. The molecular formula is C25H22N6O2. The van der Waals surface area contributed by atoms with Gasteiger partial charge in [-0.3, -0.25) is 14.9 Å². The summed E-state index contributed by atoms with van der Waals surface area (Å²) < 4.78 is 7.18. The number of rotatable bonds is 6. The maximum absolute atomic E-state index is 13.3. The van der Waals surface area contributed by atoms with Crippen LogP contribution < -0.4 is 10.1 Å². The third-order valence-corrected chi connectivity index (χ3v) is 5.65. The van der Waals surface area contributed by atoms with Crippen LogP contribution in [-0.4, -0.2) is 37.7 Å². The van der Waals surface area contributed by atoms with Gasteiger partial charge in [0, 0.05) is 30.4 Å². The molecule has 0 radical (unpaired) electrons. The van der Waals surface area contributed by atoms with Gasteiger partial charge < -0.3 is 14.6 Å². The fourth-order valence-corrected chi connectivity index (χ4v) is 3.87. The molecule has 0 aliphatic carbocycles. The molecule has 0 bridgehead atoms. The molecule has 0 aliphatic rings. The van der Waals surface area contributed by atoms with Gasteiger partial charge >= 0.3 is 0 Å². The zero-order valence-corrected chi connectivity index (χ0v) is 18.2. The van der Waals surface area contributed by atoms with Crippen LogP contribution in [0.25, 0.3) is 22.3 Å². The number of H-pyrrole nitrogens is 1. The van der Waals surface area contributed by atoms with Crippen molar-refractivity contribution < 1.29 is 9.53 Å². The van der Waals surface area contributed by atoms with Crippen molar-refractivity contribution in [1.82, 2.24) is 30.0 Å². The summed E-state index contributed by atoms with van der Waals surface area (Å²) in [5.41, 5.74) is 4.89. The number of amides is 1. The number of carbonyl (C=O) groups is 1. The van der Waals surface area contributed by atoms with E-state index in [1.807, 2.05) is 66.2 Å². The third-order valence-electron chi connectivity index (χ3n) is 5.65. The highest BCUT2D eigenvalue weighted by Gasteiger charge is 2.19. The molecule has 3 aromatic heterocycles. The van der Waals surface area contributed by atoms with Crippen molar-refractivity contribution in [2.24, 2.45) is 7.05 Å². The lowest BCUT2D eigenvalue weighted by Crippen LogP contribution is -2.29. The molecule has 2 N–H and O–H groups in total. The Morgan fingerprint density at radius 2 is 1.79 bits per heavy atom. The number of methoxy groups -OCH3 is 1. The van der Waals surface area contributed by atoms with E-state index in [1.165, 1.54) is 0 Å². The van der Waals surface area contributed by atoms with Crippen LogP contribution in [-0.2, 0) is 7.05 Å². The Labute approximate surface area is 190 Å². The first-order valence-electron chi connectivity index (χ1n) is 10.4. The average molecular weight is 438 g/mol. The number of pyridine rings is 1. The second-order valence-corrected chi connectivity index (χ2v) is 7.68. The number of aryl methyl sites for hydroxylation is 1. The summed E-state index contributed by atoms with van der Waals surface area (Å²) in [4.78, 5) is 21.5. The molecule has 8 heteroatoms. The molecule has 0 saturated carbocycles. The predicted octanol–water partition coefficient (Wildman–Crippen LogP) is 3.89. The monoisotopic (exact) mass is 438 g/mol. The first-order chi connectivity index (χ1) is 16.1. The number of nitrogens with zero attached hydrogens (tertiary/aromatic N) is 4. The lowest BCUT2D eigenvalue weighted by molar-refractivity contribution is 0.0943. The highest BCUT2D eigenvalue weighted by molar-refractivity contribution is 6.00.